The summed E-state index contributed by atoms with van der Waals surface area (Å²) in [5.74, 6) is -0.252. The van der Waals surface area contributed by atoms with Crippen LogP contribution in [0.4, 0.5) is 13.2 Å². The van der Waals surface area contributed by atoms with Crippen molar-refractivity contribution in [3.8, 4) is 11.8 Å². The zero-order chi connectivity index (χ0) is 17.1. The van der Waals surface area contributed by atoms with Gasteiger partial charge in [0, 0.05) is 24.5 Å². The van der Waals surface area contributed by atoms with E-state index in [1.54, 1.807) is 0 Å². The molecule has 9 heteroatoms. The third kappa shape index (κ3) is 3.90. The Labute approximate surface area is 130 Å². The first-order valence-corrected chi connectivity index (χ1v) is 8.21. The minimum atomic E-state index is -4.46. The summed E-state index contributed by atoms with van der Waals surface area (Å²) in [6.45, 7) is 0. The fourth-order valence-corrected chi connectivity index (χ4v) is 3.35. The average Bonchev–Trinajstić information content (AvgIpc) is 2.97. The maximum absolute atomic E-state index is 12.6. The predicted octanol–water partition coefficient (Wildman–Crippen LogP) is 2.97. The molecule has 5 nitrogen and oxygen atoms in total. The first kappa shape index (κ1) is 17.0. The molecule has 23 heavy (non-hydrogen) atoms. The van der Waals surface area contributed by atoms with E-state index >= 15 is 0 Å². The first-order valence-electron chi connectivity index (χ1n) is 6.56. The van der Waals surface area contributed by atoms with Crippen molar-refractivity contribution in [2.75, 3.05) is 5.75 Å². The van der Waals surface area contributed by atoms with Crippen LogP contribution in [0.1, 0.15) is 18.4 Å². The molecule has 0 saturated carbocycles. The molecule has 0 aliphatic heterocycles. The molecule has 0 saturated heterocycles. The van der Waals surface area contributed by atoms with E-state index < -0.39 is 21.6 Å². The highest BCUT2D eigenvalue weighted by Crippen LogP contribution is 2.30. The highest BCUT2D eigenvalue weighted by Gasteiger charge is 2.30. The zero-order valence-electron chi connectivity index (χ0n) is 11.8. The molecule has 0 aliphatic rings. The topological polar surface area (TPSA) is 75.8 Å². The summed E-state index contributed by atoms with van der Waals surface area (Å²) in [5, 5.41) is 8.21. The maximum atomic E-state index is 12.6. The Hall–Kier alpha value is -2.34. The van der Waals surface area contributed by atoms with Gasteiger partial charge in [0.25, 0.3) is 0 Å². The molecular weight excluding hydrogens is 331 g/mol. The zero-order valence-corrected chi connectivity index (χ0v) is 12.6. The van der Waals surface area contributed by atoms with Crippen molar-refractivity contribution in [2.24, 2.45) is 0 Å². The van der Waals surface area contributed by atoms with Gasteiger partial charge >= 0.3 is 6.18 Å². The molecule has 0 N–H and O–H groups in total. The summed E-state index contributed by atoms with van der Waals surface area (Å²) in [4.78, 5) is 3.78. The Morgan fingerprint density at radius 1 is 1.22 bits per heavy atom. The number of hydrogen-bond donors (Lipinski definition) is 0. The summed E-state index contributed by atoms with van der Waals surface area (Å²) in [6, 6.07) is 5.97. The van der Waals surface area contributed by atoms with Crippen LogP contribution in [0.15, 0.2) is 41.8 Å². The van der Waals surface area contributed by atoms with Crippen LogP contribution >= 0.6 is 0 Å². The molecule has 2 rings (SSSR count). The van der Waals surface area contributed by atoms with Gasteiger partial charge < -0.3 is 0 Å². The SMILES string of the molecule is N#CCCCS(=O)(=O)c1nccn1-c1ccc(C(F)(F)F)cc1. The number of aromatic nitrogens is 2. The fourth-order valence-electron chi connectivity index (χ4n) is 1.96. The second kappa shape index (κ2) is 6.42. The summed E-state index contributed by atoms with van der Waals surface area (Å²) >= 11 is 0. The van der Waals surface area contributed by atoms with E-state index in [1.807, 2.05) is 6.07 Å². The highest BCUT2D eigenvalue weighted by molar-refractivity contribution is 7.91. The van der Waals surface area contributed by atoms with Crippen LogP contribution in [0.2, 0.25) is 0 Å². The van der Waals surface area contributed by atoms with Crippen molar-refractivity contribution in [1.29, 1.82) is 5.26 Å². The summed E-state index contributed by atoms with van der Waals surface area (Å²) in [6.07, 6.45) is -1.58. The first-order chi connectivity index (χ1) is 10.8. The number of nitrogens with zero attached hydrogens (tertiary/aromatic N) is 3. The number of nitriles is 1. The van der Waals surface area contributed by atoms with Gasteiger partial charge in [-0.2, -0.15) is 18.4 Å². The molecule has 0 fully saturated rings. The monoisotopic (exact) mass is 343 g/mol. The molecule has 0 spiro atoms. The molecule has 0 radical (unpaired) electrons. The Bertz CT molecular complexity index is 818. The molecule has 1 heterocycles. The number of unbranched alkanes of at least 4 members (excludes halogenated alkanes) is 1. The summed E-state index contributed by atoms with van der Waals surface area (Å²) < 4.78 is 63.3. The van der Waals surface area contributed by atoms with Gasteiger partial charge in [0.2, 0.25) is 15.0 Å². The van der Waals surface area contributed by atoms with Gasteiger partial charge in [-0.25, -0.2) is 13.4 Å². The van der Waals surface area contributed by atoms with Crippen LogP contribution in [0.5, 0.6) is 0 Å². The third-order valence-electron chi connectivity index (χ3n) is 3.06. The van der Waals surface area contributed by atoms with E-state index in [0.717, 1.165) is 12.1 Å². The lowest BCUT2D eigenvalue weighted by Crippen LogP contribution is -2.13. The van der Waals surface area contributed by atoms with E-state index in [0.29, 0.717) is 0 Å². The van der Waals surface area contributed by atoms with Crippen LogP contribution in [-0.2, 0) is 16.0 Å². The summed E-state index contributed by atoms with van der Waals surface area (Å²) in [5.41, 5.74) is -0.561. The molecule has 0 bridgehead atoms. The van der Waals surface area contributed by atoms with Crippen LogP contribution in [0, 0.1) is 11.3 Å². The molecule has 1 aromatic heterocycles. The van der Waals surface area contributed by atoms with E-state index in [1.165, 1.54) is 29.1 Å². The van der Waals surface area contributed by atoms with Crippen molar-refractivity contribution in [3.63, 3.8) is 0 Å². The number of halogens is 3. The maximum Gasteiger partial charge on any atom is 0.416 e. The molecule has 0 unspecified atom stereocenters. The number of benzene rings is 1. The van der Waals surface area contributed by atoms with E-state index in [-0.39, 0.29) is 29.4 Å². The van der Waals surface area contributed by atoms with Gasteiger partial charge in [0.15, 0.2) is 0 Å². The lowest BCUT2D eigenvalue weighted by molar-refractivity contribution is -0.137. The highest BCUT2D eigenvalue weighted by atomic mass is 32.2. The molecule has 1 aromatic carbocycles. The van der Waals surface area contributed by atoms with E-state index in [4.69, 9.17) is 5.26 Å². The van der Waals surface area contributed by atoms with Crippen LogP contribution in [-0.4, -0.2) is 23.7 Å². The Morgan fingerprint density at radius 3 is 2.43 bits per heavy atom. The van der Waals surface area contributed by atoms with Gasteiger partial charge in [-0.1, -0.05) is 0 Å². The Kier molecular flexibility index (Phi) is 4.75. The molecule has 0 aliphatic carbocycles. The van der Waals surface area contributed by atoms with Crippen LogP contribution in [0.25, 0.3) is 5.69 Å². The lowest BCUT2D eigenvalue weighted by Gasteiger charge is -2.10. The van der Waals surface area contributed by atoms with Crippen molar-refractivity contribution < 1.29 is 21.6 Å². The minimum Gasteiger partial charge on any atom is -0.291 e. The number of sulfone groups is 1. The number of hydrogen-bond acceptors (Lipinski definition) is 4. The van der Waals surface area contributed by atoms with Gasteiger partial charge in [-0.05, 0) is 30.7 Å². The molecular formula is C14H12F3N3O2S. The van der Waals surface area contributed by atoms with Crippen molar-refractivity contribution >= 4 is 9.84 Å². The summed E-state index contributed by atoms with van der Waals surface area (Å²) in [7, 11) is -3.73. The number of imidazole rings is 1. The second-order valence-electron chi connectivity index (χ2n) is 4.70. The number of rotatable bonds is 5. The van der Waals surface area contributed by atoms with Gasteiger partial charge in [0.1, 0.15) is 0 Å². The number of alkyl halides is 3. The van der Waals surface area contributed by atoms with Crippen molar-refractivity contribution in [2.45, 2.75) is 24.2 Å². The fraction of sp³-hybridized carbons (Fsp3) is 0.286. The van der Waals surface area contributed by atoms with Crippen molar-refractivity contribution in [3.05, 3.63) is 42.2 Å². The van der Waals surface area contributed by atoms with Gasteiger partial charge in [-0.3, -0.25) is 4.57 Å². The Morgan fingerprint density at radius 2 is 1.87 bits per heavy atom. The van der Waals surface area contributed by atoms with Gasteiger partial charge in [0.05, 0.1) is 17.4 Å². The quantitative estimate of drug-likeness (QED) is 0.782. The smallest absolute Gasteiger partial charge is 0.291 e. The molecule has 0 atom stereocenters. The lowest BCUT2D eigenvalue weighted by atomic mass is 10.2. The van der Waals surface area contributed by atoms with Crippen LogP contribution in [0.3, 0.4) is 0 Å². The van der Waals surface area contributed by atoms with Crippen LogP contribution < -0.4 is 0 Å². The van der Waals surface area contributed by atoms with E-state index in [9.17, 15) is 21.6 Å². The minimum absolute atomic E-state index is 0.0974. The normalized spacial score (nSPS) is 12.1. The molecule has 2 aromatic rings. The average molecular weight is 343 g/mol. The molecule has 122 valence electrons. The molecule has 0 amide bonds. The third-order valence-corrected chi connectivity index (χ3v) is 4.74. The largest absolute Gasteiger partial charge is 0.416 e. The van der Waals surface area contributed by atoms with Gasteiger partial charge in [-0.15, -0.1) is 0 Å². The Balaban J connectivity index is 2.33. The predicted molar refractivity (Wildman–Crippen MR) is 75.5 cm³/mol. The second-order valence-corrected chi connectivity index (χ2v) is 6.71. The van der Waals surface area contributed by atoms with Crippen molar-refractivity contribution in [1.82, 2.24) is 9.55 Å². The van der Waals surface area contributed by atoms with E-state index in [2.05, 4.69) is 4.98 Å². The standard InChI is InChI=1S/C14H12F3N3O2S/c15-14(16,17)11-3-5-12(6-4-11)20-9-8-19-13(20)23(21,22)10-2-1-7-18/h3-6,8-9H,1-2,10H2.